The number of carbonyl (C=O) groups is 3. The second kappa shape index (κ2) is 10.9. The Kier molecular flexibility index (Phi) is 8.04. The summed E-state index contributed by atoms with van der Waals surface area (Å²) in [5.41, 5.74) is 1.83. The predicted molar refractivity (Wildman–Crippen MR) is 142 cm³/mol. The highest BCUT2D eigenvalue weighted by Crippen LogP contribution is 2.40. The molecular formula is C28H34FN3O4S. The second-order valence-corrected chi connectivity index (χ2v) is 12.2. The van der Waals surface area contributed by atoms with Gasteiger partial charge in [-0.05, 0) is 70.7 Å². The largest absolute Gasteiger partial charge is 0.442 e. The number of hydrogen-bond donors (Lipinski definition) is 0. The van der Waals surface area contributed by atoms with Crippen molar-refractivity contribution in [1.29, 1.82) is 0 Å². The summed E-state index contributed by atoms with van der Waals surface area (Å²) in [4.78, 5) is 40.0. The van der Waals surface area contributed by atoms with E-state index >= 15 is 0 Å². The van der Waals surface area contributed by atoms with Gasteiger partial charge in [-0.1, -0.05) is 30.0 Å². The van der Waals surface area contributed by atoms with Crippen molar-refractivity contribution < 1.29 is 23.5 Å². The molecule has 2 heterocycles. The number of piperidine rings is 1. The summed E-state index contributed by atoms with van der Waals surface area (Å²) in [6.07, 6.45) is 3.62. The Labute approximate surface area is 221 Å². The van der Waals surface area contributed by atoms with Crippen LogP contribution < -0.4 is 0 Å². The molecule has 198 valence electrons. The van der Waals surface area contributed by atoms with Crippen LogP contribution in [-0.4, -0.2) is 55.6 Å². The van der Waals surface area contributed by atoms with Gasteiger partial charge in [0.15, 0.2) is 10.9 Å². The van der Waals surface area contributed by atoms with E-state index in [4.69, 9.17) is 4.74 Å². The molecule has 4 rings (SSSR count). The first-order valence-corrected chi connectivity index (χ1v) is 13.5. The van der Waals surface area contributed by atoms with Gasteiger partial charge in [0, 0.05) is 42.4 Å². The SMILES string of the molecule is CC(=O)SC1CCN(C(C(=O)C2CC2)c2ccccc2F)C/C1=C/c1cc(C)n(C(=O)OC(C)(C)C)n1. The standard InChI is InChI=1S/C28H34FN3O4S/c1-17-14-21(30-32(17)27(35)36-28(3,4)5)15-20-16-31(13-12-24(20)37-18(2)33)25(26(34)19-10-11-19)22-8-6-7-9-23(22)29/h6-9,14-15,19,24-25H,10-13,16H2,1-5H3/b20-15-. The van der Waals surface area contributed by atoms with E-state index in [0.29, 0.717) is 36.5 Å². The van der Waals surface area contributed by atoms with Gasteiger partial charge in [-0.3, -0.25) is 14.5 Å². The van der Waals surface area contributed by atoms with E-state index in [1.165, 1.54) is 29.4 Å². The summed E-state index contributed by atoms with van der Waals surface area (Å²) in [5.74, 6) is -0.375. The number of benzene rings is 1. The van der Waals surface area contributed by atoms with E-state index in [-0.39, 0.29) is 27.9 Å². The summed E-state index contributed by atoms with van der Waals surface area (Å²) in [6, 6.07) is 7.57. The predicted octanol–water partition coefficient (Wildman–Crippen LogP) is 5.57. The molecule has 2 aliphatic rings. The van der Waals surface area contributed by atoms with Crippen LogP contribution in [0.25, 0.3) is 6.08 Å². The van der Waals surface area contributed by atoms with Crippen LogP contribution in [0.5, 0.6) is 0 Å². The highest BCUT2D eigenvalue weighted by Gasteiger charge is 2.41. The van der Waals surface area contributed by atoms with Crippen molar-refractivity contribution in [2.75, 3.05) is 13.1 Å². The van der Waals surface area contributed by atoms with Gasteiger partial charge in [0.1, 0.15) is 11.4 Å². The van der Waals surface area contributed by atoms with Gasteiger partial charge in [0.2, 0.25) is 0 Å². The summed E-state index contributed by atoms with van der Waals surface area (Å²) in [5, 5.41) is 4.34. The Morgan fingerprint density at radius 1 is 1.19 bits per heavy atom. The Morgan fingerprint density at radius 2 is 1.89 bits per heavy atom. The van der Waals surface area contributed by atoms with Crippen LogP contribution in [0.15, 0.2) is 35.9 Å². The number of hydrogen-bond acceptors (Lipinski definition) is 7. The van der Waals surface area contributed by atoms with E-state index in [1.807, 2.05) is 11.0 Å². The molecule has 7 nitrogen and oxygen atoms in total. The monoisotopic (exact) mass is 527 g/mol. The summed E-state index contributed by atoms with van der Waals surface area (Å²) in [6.45, 7) is 9.64. The molecule has 37 heavy (non-hydrogen) atoms. The van der Waals surface area contributed by atoms with E-state index in [1.54, 1.807) is 52.0 Å². The van der Waals surface area contributed by atoms with Crippen LogP contribution in [-0.2, 0) is 14.3 Å². The lowest BCUT2D eigenvalue weighted by Gasteiger charge is -2.38. The first kappa shape index (κ1) is 27.3. The Morgan fingerprint density at radius 3 is 2.51 bits per heavy atom. The van der Waals surface area contributed by atoms with Crippen LogP contribution >= 0.6 is 11.8 Å². The lowest BCUT2D eigenvalue weighted by Crippen LogP contribution is -2.43. The average Bonchev–Trinajstić information content (AvgIpc) is 3.58. The average molecular weight is 528 g/mol. The van der Waals surface area contributed by atoms with Crippen molar-refractivity contribution in [2.24, 2.45) is 5.92 Å². The summed E-state index contributed by atoms with van der Waals surface area (Å²) < 4.78 is 21.6. The number of rotatable bonds is 6. The zero-order chi connectivity index (χ0) is 26.9. The maximum atomic E-state index is 14.9. The minimum absolute atomic E-state index is 0.000439. The van der Waals surface area contributed by atoms with Crippen molar-refractivity contribution in [3.05, 3.63) is 58.7 Å². The van der Waals surface area contributed by atoms with Gasteiger partial charge in [-0.15, -0.1) is 0 Å². The third-order valence-corrected chi connectivity index (χ3v) is 7.56. The van der Waals surface area contributed by atoms with Crippen molar-refractivity contribution in [1.82, 2.24) is 14.7 Å². The molecule has 2 atom stereocenters. The lowest BCUT2D eigenvalue weighted by atomic mass is 9.93. The van der Waals surface area contributed by atoms with Crippen molar-refractivity contribution in [3.63, 3.8) is 0 Å². The van der Waals surface area contributed by atoms with Gasteiger partial charge in [-0.2, -0.15) is 9.78 Å². The number of aromatic nitrogens is 2. The zero-order valence-corrected chi connectivity index (χ0v) is 22.8. The van der Waals surface area contributed by atoms with Gasteiger partial charge in [0.25, 0.3) is 0 Å². The smallest absolute Gasteiger partial charge is 0.435 e. The molecule has 0 spiro atoms. The molecule has 0 N–H and O–H groups in total. The maximum absolute atomic E-state index is 14.9. The van der Waals surface area contributed by atoms with Crippen LogP contribution in [0, 0.1) is 18.7 Å². The summed E-state index contributed by atoms with van der Waals surface area (Å²) in [7, 11) is 0. The maximum Gasteiger partial charge on any atom is 0.435 e. The molecule has 1 saturated heterocycles. The van der Waals surface area contributed by atoms with Crippen LogP contribution in [0.4, 0.5) is 9.18 Å². The Balaban J connectivity index is 1.66. The Bertz CT molecular complexity index is 1230. The number of thioether (sulfide) groups is 1. The Hall–Kier alpha value is -2.78. The molecular weight excluding hydrogens is 493 g/mol. The molecule has 2 unspecified atom stereocenters. The van der Waals surface area contributed by atoms with Gasteiger partial charge in [0.05, 0.1) is 11.7 Å². The molecule has 1 saturated carbocycles. The van der Waals surface area contributed by atoms with Crippen LogP contribution in [0.3, 0.4) is 0 Å². The summed E-state index contributed by atoms with van der Waals surface area (Å²) >= 11 is 1.25. The van der Waals surface area contributed by atoms with Crippen LogP contribution in [0.2, 0.25) is 0 Å². The minimum atomic E-state index is -0.679. The number of Topliss-reactive ketones (excluding diaryl/α,β-unsaturated/α-hetero) is 1. The topological polar surface area (TPSA) is 81.5 Å². The van der Waals surface area contributed by atoms with E-state index in [2.05, 4.69) is 5.10 Å². The van der Waals surface area contributed by atoms with Crippen molar-refractivity contribution in [2.45, 2.75) is 70.8 Å². The quantitative estimate of drug-likeness (QED) is 0.486. The highest BCUT2D eigenvalue weighted by molar-refractivity contribution is 8.14. The number of ether oxygens (including phenoxy) is 1. The normalized spacial score (nSPS) is 20.6. The molecule has 1 aliphatic heterocycles. The van der Waals surface area contributed by atoms with Gasteiger partial charge >= 0.3 is 6.09 Å². The molecule has 1 aromatic heterocycles. The second-order valence-electron chi connectivity index (χ2n) is 10.8. The molecule has 2 fully saturated rings. The number of halogens is 1. The third-order valence-electron chi connectivity index (χ3n) is 6.41. The lowest BCUT2D eigenvalue weighted by molar-refractivity contribution is -0.126. The van der Waals surface area contributed by atoms with Crippen molar-refractivity contribution in [3.8, 4) is 0 Å². The van der Waals surface area contributed by atoms with E-state index < -0.39 is 17.7 Å². The van der Waals surface area contributed by atoms with E-state index in [9.17, 15) is 18.8 Å². The van der Waals surface area contributed by atoms with Gasteiger partial charge < -0.3 is 4.74 Å². The fourth-order valence-corrected chi connectivity index (χ4v) is 5.56. The minimum Gasteiger partial charge on any atom is -0.442 e. The molecule has 0 amide bonds. The number of ketones is 1. The number of nitrogens with zero attached hydrogens (tertiary/aromatic N) is 3. The molecule has 9 heteroatoms. The number of likely N-dealkylation sites (tertiary alicyclic amines) is 1. The third kappa shape index (κ3) is 6.76. The molecule has 0 bridgehead atoms. The van der Waals surface area contributed by atoms with E-state index in [0.717, 1.165) is 18.4 Å². The fraction of sp³-hybridized carbons (Fsp3) is 0.500. The van der Waals surface area contributed by atoms with Crippen molar-refractivity contribution >= 4 is 34.8 Å². The first-order chi connectivity index (χ1) is 17.4. The fourth-order valence-electron chi connectivity index (χ4n) is 4.64. The molecule has 1 aromatic carbocycles. The molecule has 1 aliphatic carbocycles. The highest BCUT2D eigenvalue weighted by atomic mass is 32.2. The zero-order valence-electron chi connectivity index (χ0n) is 22.0. The number of aryl methyl sites for hydroxylation is 1. The van der Waals surface area contributed by atoms with Gasteiger partial charge in [-0.25, -0.2) is 9.18 Å². The van der Waals surface area contributed by atoms with Crippen LogP contribution in [0.1, 0.15) is 70.0 Å². The first-order valence-electron chi connectivity index (χ1n) is 12.6. The number of carbonyl (C=O) groups excluding carboxylic acids is 3. The molecule has 0 radical (unpaired) electrons. The molecule has 2 aromatic rings.